The average Bonchev–Trinajstić information content (AvgIpc) is 2.28. The highest BCUT2D eigenvalue weighted by molar-refractivity contribution is 9.10. The first-order chi connectivity index (χ1) is 8.09. The van der Waals surface area contributed by atoms with Crippen LogP contribution in [0.4, 0.5) is 5.82 Å². The molecular formula is C13H15BrN2O. The van der Waals surface area contributed by atoms with Crippen LogP contribution in [0, 0.1) is 0 Å². The third kappa shape index (κ3) is 2.58. The Balaban J connectivity index is 2.51. The number of hydrogen-bond donors (Lipinski definition) is 1. The summed E-state index contributed by atoms with van der Waals surface area (Å²) in [5.41, 5.74) is 0. The van der Waals surface area contributed by atoms with Crippen LogP contribution in [-0.4, -0.2) is 29.8 Å². The molecule has 0 amide bonds. The van der Waals surface area contributed by atoms with Crippen molar-refractivity contribution in [2.45, 2.75) is 13.0 Å². The van der Waals surface area contributed by atoms with E-state index in [1.54, 1.807) is 13.1 Å². The predicted octanol–water partition coefficient (Wildman–Crippen LogP) is 2.81. The summed E-state index contributed by atoms with van der Waals surface area (Å²) >= 11 is 3.54. The van der Waals surface area contributed by atoms with E-state index < -0.39 is 0 Å². The van der Waals surface area contributed by atoms with Gasteiger partial charge in [0, 0.05) is 35.0 Å². The molecule has 1 N–H and O–H groups in total. The molecule has 1 aromatic heterocycles. The third-order valence-electron chi connectivity index (χ3n) is 2.63. The fraction of sp³-hybridized carbons (Fsp3) is 0.308. The van der Waals surface area contributed by atoms with Crippen molar-refractivity contribution in [2.75, 3.05) is 18.5 Å². The van der Waals surface area contributed by atoms with E-state index in [1.165, 1.54) is 0 Å². The Morgan fingerprint density at radius 1 is 1.35 bits per heavy atom. The number of pyridine rings is 1. The van der Waals surface area contributed by atoms with Crippen LogP contribution in [-0.2, 0) is 0 Å². The van der Waals surface area contributed by atoms with Crippen molar-refractivity contribution in [1.29, 1.82) is 0 Å². The minimum Gasteiger partial charge on any atom is -0.392 e. The lowest BCUT2D eigenvalue weighted by molar-refractivity contribution is 0.201. The van der Waals surface area contributed by atoms with Gasteiger partial charge in [0.25, 0.3) is 0 Å². The summed E-state index contributed by atoms with van der Waals surface area (Å²) in [7, 11) is 1.94. The molecule has 90 valence electrons. The summed E-state index contributed by atoms with van der Waals surface area (Å²) in [4.78, 5) is 6.37. The number of halogens is 1. The van der Waals surface area contributed by atoms with Crippen LogP contribution in [0.2, 0.25) is 0 Å². The van der Waals surface area contributed by atoms with Crippen LogP contribution < -0.4 is 4.90 Å². The summed E-state index contributed by atoms with van der Waals surface area (Å²) in [6, 6.07) is 8.04. The van der Waals surface area contributed by atoms with Gasteiger partial charge in [0.1, 0.15) is 5.82 Å². The van der Waals surface area contributed by atoms with Gasteiger partial charge in [0.2, 0.25) is 0 Å². The predicted molar refractivity (Wildman–Crippen MR) is 74.4 cm³/mol. The number of rotatable bonds is 3. The maximum atomic E-state index is 9.43. The van der Waals surface area contributed by atoms with Gasteiger partial charge in [-0.2, -0.15) is 0 Å². The van der Waals surface area contributed by atoms with Crippen LogP contribution >= 0.6 is 15.9 Å². The minimum atomic E-state index is -0.371. The lowest BCUT2D eigenvalue weighted by Crippen LogP contribution is -2.27. The zero-order valence-corrected chi connectivity index (χ0v) is 11.5. The van der Waals surface area contributed by atoms with Gasteiger partial charge in [-0.15, -0.1) is 0 Å². The van der Waals surface area contributed by atoms with E-state index in [2.05, 4.69) is 20.9 Å². The van der Waals surface area contributed by atoms with Crippen molar-refractivity contribution >= 4 is 32.5 Å². The number of aliphatic hydroxyl groups is 1. The first kappa shape index (κ1) is 12.3. The highest BCUT2D eigenvalue weighted by Gasteiger charge is 2.10. The zero-order chi connectivity index (χ0) is 12.4. The second-order valence-corrected chi connectivity index (χ2v) is 5.05. The number of aliphatic hydroxyl groups excluding tert-OH is 1. The Morgan fingerprint density at radius 2 is 2.12 bits per heavy atom. The Hall–Kier alpha value is -1.13. The molecule has 0 bridgehead atoms. The smallest absolute Gasteiger partial charge is 0.136 e. The fourth-order valence-electron chi connectivity index (χ4n) is 1.94. The second kappa shape index (κ2) is 5.02. The number of nitrogens with zero attached hydrogens (tertiary/aromatic N) is 2. The Bertz CT molecular complexity index is 528. The summed E-state index contributed by atoms with van der Waals surface area (Å²) < 4.78 is 1.06. The van der Waals surface area contributed by atoms with Gasteiger partial charge in [-0.05, 0) is 19.1 Å². The molecule has 0 aliphatic heterocycles. The molecule has 2 aromatic rings. The van der Waals surface area contributed by atoms with E-state index in [1.807, 2.05) is 36.2 Å². The molecule has 0 saturated carbocycles. The minimum absolute atomic E-state index is 0.371. The summed E-state index contributed by atoms with van der Waals surface area (Å²) in [5, 5.41) is 11.7. The summed E-state index contributed by atoms with van der Waals surface area (Å²) in [5.74, 6) is 0.893. The van der Waals surface area contributed by atoms with E-state index in [0.29, 0.717) is 6.54 Å². The Morgan fingerprint density at radius 3 is 2.82 bits per heavy atom. The van der Waals surface area contributed by atoms with E-state index in [-0.39, 0.29) is 6.10 Å². The first-order valence-electron chi connectivity index (χ1n) is 5.52. The van der Waals surface area contributed by atoms with Crippen molar-refractivity contribution in [3.05, 3.63) is 34.9 Å². The van der Waals surface area contributed by atoms with Crippen LogP contribution in [0.5, 0.6) is 0 Å². The van der Waals surface area contributed by atoms with Gasteiger partial charge < -0.3 is 10.0 Å². The van der Waals surface area contributed by atoms with Crippen molar-refractivity contribution in [3.63, 3.8) is 0 Å². The van der Waals surface area contributed by atoms with E-state index in [0.717, 1.165) is 21.1 Å². The molecule has 4 heteroatoms. The van der Waals surface area contributed by atoms with Gasteiger partial charge in [0.05, 0.1) is 6.10 Å². The summed E-state index contributed by atoms with van der Waals surface area (Å²) in [6.45, 7) is 2.34. The molecule has 3 nitrogen and oxygen atoms in total. The quantitative estimate of drug-likeness (QED) is 0.946. The highest BCUT2D eigenvalue weighted by Crippen LogP contribution is 2.29. The van der Waals surface area contributed by atoms with E-state index in [9.17, 15) is 5.11 Å². The van der Waals surface area contributed by atoms with Crippen LogP contribution in [0.15, 0.2) is 34.9 Å². The molecular weight excluding hydrogens is 280 g/mol. The van der Waals surface area contributed by atoms with E-state index in [4.69, 9.17) is 0 Å². The molecule has 0 aliphatic carbocycles. The van der Waals surface area contributed by atoms with Gasteiger partial charge in [-0.25, -0.2) is 4.98 Å². The highest BCUT2D eigenvalue weighted by atomic mass is 79.9. The standard InChI is InChI=1S/C13H15BrN2O/c1-9(17)8-16(2)13-11-4-3-5-12(14)10(11)6-7-15-13/h3-7,9,17H,8H2,1-2H3. The van der Waals surface area contributed by atoms with E-state index >= 15 is 0 Å². The average molecular weight is 295 g/mol. The monoisotopic (exact) mass is 294 g/mol. The van der Waals surface area contributed by atoms with Crippen molar-refractivity contribution in [1.82, 2.24) is 4.98 Å². The fourth-order valence-corrected chi connectivity index (χ4v) is 2.44. The molecule has 2 rings (SSSR count). The van der Waals surface area contributed by atoms with Gasteiger partial charge in [-0.1, -0.05) is 28.1 Å². The number of anilines is 1. The molecule has 1 unspecified atom stereocenters. The number of benzene rings is 1. The number of likely N-dealkylation sites (N-methyl/N-ethyl adjacent to an activating group) is 1. The molecule has 1 atom stereocenters. The maximum absolute atomic E-state index is 9.43. The lowest BCUT2D eigenvalue weighted by Gasteiger charge is -2.21. The zero-order valence-electron chi connectivity index (χ0n) is 9.89. The maximum Gasteiger partial charge on any atom is 0.136 e. The largest absolute Gasteiger partial charge is 0.392 e. The summed E-state index contributed by atoms with van der Waals surface area (Å²) in [6.07, 6.45) is 1.42. The van der Waals surface area contributed by atoms with Crippen molar-refractivity contribution in [3.8, 4) is 0 Å². The van der Waals surface area contributed by atoms with Crippen LogP contribution in [0.3, 0.4) is 0 Å². The SMILES string of the molecule is CC(O)CN(C)c1nccc2c(Br)cccc12. The first-order valence-corrected chi connectivity index (χ1v) is 6.31. The molecule has 1 heterocycles. The molecule has 17 heavy (non-hydrogen) atoms. The van der Waals surface area contributed by atoms with Gasteiger partial charge in [0.15, 0.2) is 0 Å². The Kier molecular flexibility index (Phi) is 3.64. The van der Waals surface area contributed by atoms with Crippen LogP contribution in [0.1, 0.15) is 6.92 Å². The van der Waals surface area contributed by atoms with Crippen LogP contribution in [0.25, 0.3) is 10.8 Å². The van der Waals surface area contributed by atoms with Crippen molar-refractivity contribution in [2.24, 2.45) is 0 Å². The third-order valence-corrected chi connectivity index (χ3v) is 3.32. The Labute approximate surface area is 109 Å². The van der Waals surface area contributed by atoms with Crippen molar-refractivity contribution < 1.29 is 5.11 Å². The molecule has 0 spiro atoms. The number of hydrogen-bond acceptors (Lipinski definition) is 3. The lowest BCUT2D eigenvalue weighted by atomic mass is 10.1. The second-order valence-electron chi connectivity index (χ2n) is 4.20. The number of aromatic nitrogens is 1. The molecule has 0 aliphatic rings. The molecule has 0 radical (unpaired) electrons. The number of fused-ring (bicyclic) bond motifs is 1. The van der Waals surface area contributed by atoms with Gasteiger partial charge >= 0.3 is 0 Å². The van der Waals surface area contributed by atoms with Gasteiger partial charge in [-0.3, -0.25) is 0 Å². The molecule has 1 aromatic carbocycles. The topological polar surface area (TPSA) is 36.4 Å². The molecule has 0 fully saturated rings. The normalized spacial score (nSPS) is 12.7. The molecule has 0 saturated heterocycles.